The Morgan fingerprint density at radius 2 is 2.29 bits per heavy atom. The van der Waals surface area contributed by atoms with Crippen LogP contribution in [0.4, 0.5) is 0 Å². The number of aryl methyl sites for hydroxylation is 1. The fraction of sp³-hybridized carbons (Fsp3) is 0.545. The Morgan fingerprint density at radius 3 is 2.94 bits per heavy atom. The zero-order chi connectivity index (χ0) is 12.3. The highest BCUT2D eigenvalue weighted by Gasteiger charge is 2.15. The molecule has 6 heteroatoms. The highest BCUT2D eigenvalue weighted by Crippen LogP contribution is 2.25. The smallest absolute Gasteiger partial charge is 0.165 e. The lowest BCUT2D eigenvalue weighted by Gasteiger charge is -2.11. The molecule has 2 aromatic heterocycles. The van der Waals surface area contributed by atoms with E-state index in [-0.39, 0.29) is 6.04 Å². The molecule has 1 N–H and O–H groups in total. The molecule has 2 heterocycles. The second kappa shape index (κ2) is 5.37. The first-order valence-corrected chi connectivity index (χ1v) is 6.57. The van der Waals surface area contributed by atoms with E-state index in [4.69, 9.17) is 0 Å². The molecule has 2 rings (SSSR count). The minimum atomic E-state index is 0.192. The predicted octanol–water partition coefficient (Wildman–Crippen LogP) is 1.76. The monoisotopic (exact) mass is 251 g/mol. The molecule has 92 valence electrons. The van der Waals surface area contributed by atoms with Crippen molar-refractivity contribution in [3.8, 4) is 0 Å². The number of aromatic nitrogens is 4. The summed E-state index contributed by atoms with van der Waals surface area (Å²) in [7, 11) is 0. The largest absolute Gasteiger partial charge is 0.310 e. The van der Waals surface area contributed by atoms with E-state index in [0.717, 1.165) is 12.4 Å². The molecule has 0 aliphatic heterocycles. The summed E-state index contributed by atoms with van der Waals surface area (Å²) in [5, 5.41) is 15.1. The standard InChI is InChI=1S/C11H17N5S/c1-4-12-7-11-13-14-15-16(11)9(3)10-6-5-8(2)17-10/h5-6,9,12H,4,7H2,1-3H3. The van der Waals surface area contributed by atoms with Crippen molar-refractivity contribution in [1.82, 2.24) is 25.5 Å². The molecule has 2 aromatic rings. The molecule has 0 bridgehead atoms. The first kappa shape index (κ1) is 12.2. The predicted molar refractivity (Wildman–Crippen MR) is 68.1 cm³/mol. The Bertz CT molecular complexity index is 476. The van der Waals surface area contributed by atoms with Crippen molar-refractivity contribution >= 4 is 11.3 Å². The second-order valence-electron chi connectivity index (χ2n) is 3.94. The van der Waals surface area contributed by atoms with Gasteiger partial charge in [0, 0.05) is 9.75 Å². The normalized spacial score (nSPS) is 12.9. The van der Waals surface area contributed by atoms with Crippen LogP contribution in [-0.2, 0) is 6.54 Å². The number of hydrogen-bond donors (Lipinski definition) is 1. The zero-order valence-electron chi connectivity index (χ0n) is 10.3. The highest BCUT2D eigenvalue weighted by atomic mass is 32.1. The molecule has 1 atom stereocenters. The number of hydrogen-bond acceptors (Lipinski definition) is 5. The van der Waals surface area contributed by atoms with E-state index in [1.807, 2.05) is 4.68 Å². The van der Waals surface area contributed by atoms with Gasteiger partial charge in [0.15, 0.2) is 5.82 Å². The van der Waals surface area contributed by atoms with Gasteiger partial charge < -0.3 is 5.32 Å². The third kappa shape index (κ3) is 2.70. The van der Waals surface area contributed by atoms with E-state index in [2.05, 4.69) is 53.7 Å². The molecular weight excluding hydrogens is 234 g/mol. The maximum Gasteiger partial charge on any atom is 0.165 e. The maximum atomic E-state index is 4.08. The Hall–Kier alpha value is -1.27. The fourth-order valence-corrected chi connectivity index (χ4v) is 2.58. The van der Waals surface area contributed by atoms with Crippen LogP contribution in [0.1, 0.15) is 35.5 Å². The molecule has 0 aromatic carbocycles. The van der Waals surface area contributed by atoms with Gasteiger partial charge in [0.05, 0.1) is 12.6 Å². The van der Waals surface area contributed by atoms with Gasteiger partial charge in [0.1, 0.15) is 0 Å². The number of tetrazole rings is 1. The quantitative estimate of drug-likeness (QED) is 0.880. The van der Waals surface area contributed by atoms with Gasteiger partial charge in [-0.1, -0.05) is 6.92 Å². The summed E-state index contributed by atoms with van der Waals surface area (Å²) in [5.74, 6) is 0.880. The van der Waals surface area contributed by atoms with Gasteiger partial charge in [0.2, 0.25) is 0 Å². The third-order valence-electron chi connectivity index (χ3n) is 2.63. The van der Waals surface area contributed by atoms with Gasteiger partial charge in [-0.25, -0.2) is 4.68 Å². The second-order valence-corrected chi connectivity index (χ2v) is 5.26. The van der Waals surface area contributed by atoms with Gasteiger partial charge in [-0.2, -0.15) is 0 Å². The van der Waals surface area contributed by atoms with E-state index in [1.54, 1.807) is 11.3 Å². The van der Waals surface area contributed by atoms with Gasteiger partial charge in [-0.15, -0.1) is 16.4 Å². The number of rotatable bonds is 5. The molecule has 0 amide bonds. The minimum absolute atomic E-state index is 0.192. The van der Waals surface area contributed by atoms with Crippen LogP contribution in [0.2, 0.25) is 0 Å². The van der Waals surface area contributed by atoms with Crippen LogP contribution in [-0.4, -0.2) is 26.8 Å². The minimum Gasteiger partial charge on any atom is -0.310 e. The summed E-state index contributed by atoms with van der Waals surface area (Å²) < 4.78 is 1.88. The van der Waals surface area contributed by atoms with Gasteiger partial charge in [-0.05, 0) is 43.0 Å². The van der Waals surface area contributed by atoms with Crippen LogP contribution in [0, 0.1) is 6.92 Å². The van der Waals surface area contributed by atoms with Crippen molar-refractivity contribution in [2.24, 2.45) is 0 Å². The maximum absolute atomic E-state index is 4.08. The lowest BCUT2D eigenvalue weighted by atomic mass is 10.3. The van der Waals surface area contributed by atoms with Crippen molar-refractivity contribution in [2.45, 2.75) is 33.4 Å². The first-order chi connectivity index (χ1) is 8.22. The van der Waals surface area contributed by atoms with Crippen molar-refractivity contribution in [1.29, 1.82) is 0 Å². The topological polar surface area (TPSA) is 55.6 Å². The van der Waals surface area contributed by atoms with E-state index >= 15 is 0 Å². The SMILES string of the molecule is CCNCc1nnnn1C(C)c1ccc(C)s1. The molecule has 0 spiro atoms. The third-order valence-corrected chi connectivity index (χ3v) is 3.80. The van der Waals surface area contributed by atoms with Crippen molar-refractivity contribution < 1.29 is 0 Å². The highest BCUT2D eigenvalue weighted by molar-refractivity contribution is 7.12. The molecule has 0 radical (unpaired) electrons. The van der Waals surface area contributed by atoms with Crippen molar-refractivity contribution in [2.75, 3.05) is 6.54 Å². The summed E-state index contributed by atoms with van der Waals surface area (Å²) in [6, 6.07) is 4.46. The fourth-order valence-electron chi connectivity index (χ4n) is 1.66. The number of thiophene rings is 1. The summed E-state index contributed by atoms with van der Waals surface area (Å²) in [4.78, 5) is 2.60. The van der Waals surface area contributed by atoms with Gasteiger partial charge >= 0.3 is 0 Å². The van der Waals surface area contributed by atoms with Crippen LogP contribution in [0.3, 0.4) is 0 Å². The molecule has 0 fully saturated rings. The van der Waals surface area contributed by atoms with E-state index < -0.39 is 0 Å². The lowest BCUT2D eigenvalue weighted by Crippen LogP contribution is -2.19. The van der Waals surface area contributed by atoms with E-state index in [9.17, 15) is 0 Å². The summed E-state index contributed by atoms with van der Waals surface area (Å²) in [6.07, 6.45) is 0. The van der Waals surface area contributed by atoms with E-state index in [1.165, 1.54) is 9.75 Å². The first-order valence-electron chi connectivity index (χ1n) is 5.76. The van der Waals surface area contributed by atoms with Crippen LogP contribution < -0.4 is 5.32 Å². The summed E-state index contributed by atoms with van der Waals surface area (Å²) in [5.41, 5.74) is 0. The van der Waals surface area contributed by atoms with Crippen LogP contribution in [0.5, 0.6) is 0 Å². The molecule has 1 unspecified atom stereocenters. The summed E-state index contributed by atoms with van der Waals surface area (Å²) >= 11 is 1.79. The molecular formula is C11H17N5S. The molecule has 0 aliphatic rings. The van der Waals surface area contributed by atoms with Crippen molar-refractivity contribution in [3.63, 3.8) is 0 Å². The summed E-state index contributed by atoms with van der Waals surface area (Å²) in [6.45, 7) is 7.93. The average Bonchev–Trinajstić information content (AvgIpc) is 2.94. The Morgan fingerprint density at radius 1 is 1.47 bits per heavy atom. The molecule has 0 saturated carbocycles. The Balaban J connectivity index is 2.18. The molecule has 17 heavy (non-hydrogen) atoms. The number of nitrogens with one attached hydrogen (secondary N) is 1. The van der Waals surface area contributed by atoms with Crippen LogP contribution >= 0.6 is 11.3 Å². The number of nitrogens with zero attached hydrogens (tertiary/aromatic N) is 4. The van der Waals surface area contributed by atoms with Gasteiger partial charge in [0.25, 0.3) is 0 Å². The Labute approximate surface area is 105 Å². The van der Waals surface area contributed by atoms with Crippen LogP contribution in [0.15, 0.2) is 12.1 Å². The zero-order valence-corrected chi connectivity index (χ0v) is 11.2. The molecule has 0 aliphatic carbocycles. The average molecular weight is 251 g/mol. The molecule has 0 saturated heterocycles. The van der Waals surface area contributed by atoms with E-state index in [0.29, 0.717) is 6.54 Å². The Kier molecular flexibility index (Phi) is 3.86. The van der Waals surface area contributed by atoms with Crippen LogP contribution in [0.25, 0.3) is 0 Å². The molecule has 5 nitrogen and oxygen atoms in total. The van der Waals surface area contributed by atoms with Gasteiger partial charge in [-0.3, -0.25) is 0 Å². The lowest BCUT2D eigenvalue weighted by molar-refractivity contribution is 0.514. The van der Waals surface area contributed by atoms with Crippen molar-refractivity contribution in [3.05, 3.63) is 27.7 Å².